The van der Waals surface area contributed by atoms with Crippen molar-refractivity contribution in [1.29, 1.82) is 0 Å². The van der Waals surface area contributed by atoms with E-state index >= 15 is 0 Å². The van der Waals surface area contributed by atoms with E-state index in [1.54, 1.807) is 6.07 Å². The van der Waals surface area contributed by atoms with Crippen LogP contribution >= 0.6 is 0 Å². The van der Waals surface area contributed by atoms with E-state index in [-0.39, 0.29) is 6.10 Å². The smallest absolute Gasteiger partial charge is 0.122 e. The first-order valence-electron chi connectivity index (χ1n) is 6.16. The maximum Gasteiger partial charge on any atom is 0.122 e. The van der Waals surface area contributed by atoms with Crippen LogP contribution in [0.1, 0.15) is 18.1 Å². The van der Waals surface area contributed by atoms with E-state index in [0.717, 1.165) is 16.9 Å². The molecule has 2 aromatic carbocycles. The topological polar surface area (TPSA) is 29.5 Å². The molecule has 2 aromatic rings. The fourth-order valence-electron chi connectivity index (χ4n) is 1.94. The summed E-state index contributed by atoms with van der Waals surface area (Å²) in [5.74, 6) is 1.23. The van der Waals surface area contributed by atoms with E-state index in [2.05, 4.69) is 0 Å². The molecule has 0 amide bonds. The lowest BCUT2D eigenvalue weighted by Gasteiger charge is -2.16. The lowest BCUT2D eigenvalue weighted by atomic mass is 10.1. The summed E-state index contributed by atoms with van der Waals surface area (Å²) in [4.78, 5) is 0. The van der Waals surface area contributed by atoms with Gasteiger partial charge in [-0.05, 0) is 37.1 Å². The molecule has 18 heavy (non-hydrogen) atoms. The van der Waals surface area contributed by atoms with Gasteiger partial charge in [0.1, 0.15) is 17.6 Å². The third-order valence-corrected chi connectivity index (χ3v) is 2.92. The van der Waals surface area contributed by atoms with Gasteiger partial charge in [0.25, 0.3) is 0 Å². The van der Waals surface area contributed by atoms with E-state index in [0.29, 0.717) is 12.2 Å². The maximum atomic E-state index is 9.72. The number of ether oxygens (including phenoxy) is 1. The Bertz CT molecular complexity index is 473. The molecule has 0 bridgehead atoms. The highest BCUT2D eigenvalue weighted by molar-refractivity contribution is 5.34. The second kappa shape index (κ2) is 5.58. The van der Waals surface area contributed by atoms with Crippen LogP contribution in [0.2, 0.25) is 0 Å². The van der Waals surface area contributed by atoms with Gasteiger partial charge in [0, 0.05) is 6.42 Å². The monoisotopic (exact) mass is 242 g/mol. The molecule has 1 N–H and O–H groups in total. The molecule has 1 atom stereocenters. The Labute approximate surface area is 108 Å². The van der Waals surface area contributed by atoms with Gasteiger partial charge >= 0.3 is 0 Å². The van der Waals surface area contributed by atoms with Crippen LogP contribution < -0.4 is 4.74 Å². The molecule has 2 heteroatoms. The number of rotatable bonds is 4. The number of hydrogen-bond donors (Lipinski definition) is 1. The summed E-state index contributed by atoms with van der Waals surface area (Å²) in [5.41, 5.74) is 2.04. The van der Waals surface area contributed by atoms with Gasteiger partial charge in [0.05, 0.1) is 0 Å². The number of aromatic hydroxyl groups is 1. The molecular formula is C16H18O2. The average Bonchev–Trinajstić information content (AvgIpc) is 2.35. The van der Waals surface area contributed by atoms with Crippen LogP contribution in [0.4, 0.5) is 0 Å². The summed E-state index contributed by atoms with van der Waals surface area (Å²) >= 11 is 0. The van der Waals surface area contributed by atoms with Crippen LogP contribution in [0.15, 0.2) is 48.5 Å². The average molecular weight is 242 g/mol. The Kier molecular flexibility index (Phi) is 3.88. The van der Waals surface area contributed by atoms with E-state index in [9.17, 15) is 5.11 Å². The summed E-state index contributed by atoms with van der Waals surface area (Å²) in [5, 5.41) is 9.72. The molecule has 0 radical (unpaired) electrons. The minimum atomic E-state index is 0.0272. The number of phenols is 1. The third-order valence-electron chi connectivity index (χ3n) is 2.92. The number of phenolic OH excluding ortho intramolecular Hbond substituents is 1. The molecule has 0 heterocycles. The minimum absolute atomic E-state index is 0.0272. The van der Waals surface area contributed by atoms with Crippen LogP contribution in [-0.2, 0) is 6.42 Å². The van der Waals surface area contributed by atoms with Crippen molar-refractivity contribution in [3.63, 3.8) is 0 Å². The van der Waals surface area contributed by atoms with Crippen molar-refractivity contribution < 1.29 is 9.84 Å². The maximum absolute atomic E-state index is 9.72. The first-order chi connectivity index (χ1) is 8.66. The first-order valence-corrected chi connectivity index (χ1v) is 6.16. The van der Waals surface area contributed by atoms with Crippen molar-refractivity contribution in [2.24, 2.45) is 0 Å². The predicted octanol–water partition coefficient (Wildman–Crippen LogP) is 3.71. The molecule has 0 aliphatic heterocycles. The van der Waals surface area contributed by atoms with Crippen molar-refractivity contribution in [3.8, 4) is 11.5 Å². The summed E-state index contributed by atoms with van der Waals surface area (Å²) in [6.07, 6.45) is 0.723. The number of aryl methyl sites for hydroxylation is 1. The molecule has 0 aliphatic rings. The molecule has 0 fully saturated rings. The van der Waals surface area contributed by atoms with Crippen molar-refractivity contribution in [1.82, 2.24) is 0 Å². The van der Waals surface area contributed by atoms with Crippen molar-refractivity contribution in [2.45, 2.75) is 26.4 Å². The standard InChI is InChI=1S/C16H18O2/c1-12-7-3-6-10-16(12)18-13(2)11-14-8-4-5-9-15(14)17/h3-10,13,17H,11H2,1-2H3. The Morgan fingerprint density at radius 3 is 2.44 bits per heavy atom. The molecule has 1 unspecified atom stereocenters. The largest absolute Gasteiger partial charge is 0.508 e. The normalized spacial score (nSPS) is 12.1. The predicted molar refractivity (Wildman–Crippen MR) is 73.1 cm³/mol. The molecule has 0 spiro atoms. The first kappa shape index (κ1) is 12.5. The van der Waals surface area contributed by atoms with Crippen LogP contribution in [0.3, 0.4) is 0 Å². The van der Waals surface area contributed by atoms with Gasteiger partial charge in [-0.2, -0.15) is 0 Å². The van der Waals surface area contributed by atoms with Gasteiger partial charge in [-0.25, -0.2) is 0 Å². The quantitative estimate of drug-likeness (QED) is 0.885. The Hall–Kier alpha value is -1.96. The lowest BCUT2D eigenvalue weighted by Crippen LogP contribution is -2.15. The zero-order valence-corrected chi connectivity index (χ0v) is 10.8. The molecule has 2 rings (SSSR count). The Morgan fingerprint density at radius 2 is 1.72 bits per heavy atom. The summed E-state index contributed by atoms with van der Waals surface area (Å²) < 4.78 is 5.89. The minimum Gasteiger partial charge on any atom is -0.508 e. The van der Waals surface area contributed by atoms with E-state index in [1.807, 2.05) is 56.3 Å². The van der Waals surface area contributed by atoms with Crippen molar-refractivity contribution in [3.05, 3.63) is 59.7 Å². The van der Waals surface area contributed by atoms with Crippen LogP contribution in [0.5, 0.6) is 11.5 Å². The van der Waals surface area contributed by atoms with Crippen molar-refractivity contribution in [2.75, 3.05) is 0 Å². The van der Waals surface area contributed by atoms with Gasteiger partial charge in [-0.3, -0.25) is 0 Å². The fraction of sp³-hybridized carbons (Fsp3) is 0.250. The SMILES string of the molecule is Cc1ccccc1OC(C)Cc1ccccc1O. The zero-order chi connectivity index (χ0) is 13.0. The summed E-state index contributed by atoms with van der Waals surface area (Å²) in [7, 11) is 0. The van der Waals surface area contributed by atoms with Crippen molar-refractivity contribution >= 4 is 0 Å². The highest BCUT2D eigenvalue weighted by Gasteiger charge is 2.09. The van der Waals surface area contributed by atoms with Crippen LogP contribution in [0.25, 0.3) is 0 Å². The molecule has 0 saturated heterocycles. The molecule has 0 saturated carbocycles. The van der Waals surface area contributed by atoms with Gasteiger partial charge in [0.2, 0.25) is 0 Å². The number of para-hydroxylation sites is 2. The second-order valence-electron chi connectivity index (χ2n) is 4.53. The molecule has 2 nitrogen and oxygen atoms in total. The Balaban J connectivity index is 2.04. The summed E-state index contributed by atoms with van der Waals surface area (Å²) in [6, 6.07) is 15.3. The number of benzene rings is 2. The zero-order valence-electron chi connectivity index (χ0n) is 10.8. The van der Waals surface area contributed by atoms with Gasteiger partial charge < -0.3 is 9.84 Å². The number of hydrogen-bond acceptors (Lipinski definition) is 2. The Morgan fingerprint density at radius 1 is 1.06 bits per heavy atom. The van der Waals surface area contributed by atoms with E-state index in [1.165, 1.54) is 0 Å². The van der Waals surface area contributed by atoms with Crippen LogP contribution in [-0.4, -0.2) is 11.2 Å². The third kappa shape index (κ3) is 3.04. The second-order valence-corrected chi connectivity index (χ2v) is 4.53. The van der Waals surface area contributed by atoms with E-state index < -0.39 is 0 Å². The highest BCUT2D eigenvalue weighted by atomic mass is 16.5. The lowest BCUT2D eigenvalue weighted by molar-refractivity contribution is 0.219. The van der Waals surface area contributed by atoms with Gasteiger partial charge in [-0.1, -0.05) is 36.4 Å². The molecular weight excluding hydrogens is 224 g/mol. The summed E-state index contributed by atoms with van der Waals surface area (Å²) in [6.45, 7) is 4.04. The molecule has 94 valence electrons. The van der Waals surface area contributed by atoms with Crippen LogP contribution in [0, 0.1) is 6.92 Å². The van der Waals surface area contributed by atoms with E-state index in [4.69, 9.17) is 4.74 Å². The highest BCUT2D eigenvalue weighted by Crippen LogP contribution is 2.22. The van der Waals surface area contributed by atoms with Gasteiger partial charge in [0.15, 0.2) is 0 Å². The van der Waals surface area contributed by atoms with Gasteiger partial charge in [-0.15, -0.1) is 0 Å². The molecule has 0 aliphatic carbocycles. The molecule has 0 aromatic heterocycles. The fourth-order valence-corrected chi connectivity index (χ4v) is 1.94.